The number of fused-ring (bicyclic) bond motifs is 1. The molecule has 0 aliphatic heterocycles. The molecule has 3 rings (SSSR count). The van der Waals surface area contributed by atoms with Crippen LogP contribution in [0.15, 0.2) is 18.2 Å². The van der Waals surface area contributed by atoms with Crippen LogP contribution in [0.2, 0.25) is 0 Å². The van der Waals surface area contributed by atoms with Gasteiger partial charge in [-0.15, -0.1) is 0 Å². The van der Waals surface area contributed by atoms with Crippen molar-refractivity contribution in [2.45, 2.75) is 39.2 Å². The van der Waals surface area contributed by atoms with E-state index < -0.39 is 0 Å². The third-order valence-corrected chi connectivity index (χ3v) is 4.48. The fourth-order valence-electron chi connectivity index (χ4n) is 3.17. The third kappa shape index (κ3) is 2.36. The number of nitrogens with zero attached hydrogens (tertiary/aromatic N) is 3. The number of hydrogen-bond donors (Lipinski definition) is 1. The van der Waals surface area contributed by atoms with Gasteiger partial charge in [-0.25, -0.2) is 4.98 Å². The van der Waals surface area contributed by atoms with Crippen LogP contribution in [0.25, 0.3) is 11.0 Å². The molecule has 0 amide bonds. The Balaban J connectivity index is 1.90. The van der Waals surface area contributed by atoms with E-state index in [1.54, 1.807) is 6.07 Å². The average Bonchev–Trinajstić information content (AvgIpc) is 2.77. The summed E-state index contributed by atoms with van der Waals surface area (Å²) in [7, 11) is 0. The summed E-state index contributed by atoms with van der Waals surface area (Å²) in [5, 5.41) is 9.03. The maximum absolute atomic E-state index is 9.03. The molecule has 0 saturated heterocycles. The zero-order valence-electron chi connectivity index (χ0n) is 11.8. The first kappa shape index (κ1) is 13.0. The van der Waals surface area contributed by atoms with Crippen LogP contribution >= 0.6 is 0 Å². The Morgan fingerprint density at radius 2 is 2.10 bits per heavy atom. The van der Waals surface area contributed by atoms with E-state index in [4.69, 9.17) is 11.0 Å². The molecule has 1 aromatic heterocycles. The van der Waals surface area contributed by atoms with Gasteiger partial charge in [-0.05, 0) is 42.9 Å². The summed E-state index contributed by atoms with van der Waals surface area (Å²) in [6.07, 6.45) is 5.14. The molecular formula is C16H20N4. The first-order valence-electron chi connectivity index (χ1n) is 7.33. The summed E-state index contributed by atoms with van der Waals surface area (Å²) in [4.78, 5) is 4.40. The molecule has 2 aromatic rings. The van der Waals surface area contributed by atoms with Gasteiger partial charge < -0.3 is 10.3 Å². The predicted octanol–water partition coefficient (Wildman–Crippen LogP) is 3.32. The Morgan fingerprint density at radius 1 is 1.35 bits per heavy atom. The van der Waals surface area contributed by atoms with E-state index in [2.05, 4.69) is 22.5 Å². The first-order valence-corrected chi connectivity index (χ1v) is 7.33. The molecule has 0 spiro atoms. The van der Waals surface area contributed by atoms with Crippen molar-refractivity contribution >= 4 is 17.0 Å². The quantitative estimate of drug-likeness (QED) is 0.908. The van der Waals surface area contributed by atoms with Crippen molar-refractivity contribution in [1.29, 1.82) is 5.26 Å². The van der Waals surface area contributed by atoms with E-state index in [0.29, 0.717) is 17.4 Å². The Kier molecular flexibility index (Phi) is 3.35. The fraction of sp³-hybridized carbons (Fsp3) is 0.500. The Hall–Kier alpha value is -2.02. The van der Waals surface area contributed by atoms with Crippen molar-refractivity contribution in [2.24, 2.45) is 11.8 Å². The number of benzene rings is 1. The van der Waals surface area contributed by atoms with Crippen LogP contribution in [0.4, 0.5) is 5.95 Å². The van der Waals surface area contributed by atoms with Gasteiger partial charge in [0.1, 0.15) is 0 Å². The molecule has 1 fully saturated rings. The topological polar surface area (TPSA) is 67.6 Å². The van der Waals surface area contributed by atoms with E-state index in [1.165, 1.54) is 25.7 Å². The number of hydrogen-bond acceptors (Lipinski definition) is 3. The number of aromatic nitrogens is 2. The van der Waals surface area contributed by atoms with Crippen LogP contribution in [-0.4, -0.2) is 9.55 Å². The lowest BCUT2D eigenvalue weighted by molar-refractivity contribution is 0.267. The van der Waals surface area contributed by atoms with E-state index in [0.717, 1.165) is 23.5 Å². The predicted molar refractivity (Wildman–Crippen MR) is 80.0 cm³/mol. The van der Waals surface area contributed by atoms with Crippen LogP contribution in [0.1, 0.15) is 38.2 Å². The summed E-state index contributed by atoms with van der Waals surface area (Å²) in [5.41, 5.74) is 8.59. The zero-order chi connectivity index (χ0) is 14.1. The van der Waals surface area contributed by atoms with Crippen molar-refractivity contribution in [2.75, 3.05) is 5.73 Å². The monoisotopic (exact) mass is 268 g/mol. The van der Waals surface area contributed by atoms with Gasteiger partial charge in [-0.1, -0.05) is 19.8 Å². The van der Waals surface area contributed by atoms with Gasteiger partial charge in [-0.3, -0.25) is 0 Å². The Morgan fingerprint density at radius 3 is 2.80 bits per heavy atom. The molecule has 1 saturated carbocycles. The van der Waals surface area contributed by atoms with Crippen molar-refractivity contribution in [3.05, 3.63) is 23.8 Å². The average molecular weight is 268 g/mol. The SMILES string of the molecule is CC1CCC(Cn2c(N)nc3ccc(C#N)cc32)CC1. The highest BCUT2D eigenvalue weighted by Gasteiger charge is 2.20. The lowest BCUT2D eigenvalue weighted by Gasteiger charge is -2.26. The smallest absolute Gasteiger partial charge is 0.201 e. The maximum Gasteiger partial charge on any atom is 0.201 e. The number of nitriles is 1. The normalized spacial score (nSPS) is 22.8. The minimum atomic E-state index is 0.564. The fourth-order valence-corrected chi connectivity index (χ4v) is 3.17. The summed E-state index contributed by atoms with van der Waals surface area (Å²) in [6.45, 7) is 3.25. The van der Waals surface area contributed by atoms with Gasteiger partial charge in [0.15, 0.2) is 0 Å². The molecule has 0 atom stereocenters. The zero-order valence-corrected chi connectivity index (χ0v) is 11.8. The minimum Gasteiger partial charge on any atom is -0.369 e. The molecule has 0 unspecified atom stereocenters. The van der Waals surface area contributed by atoms with Crippen molar-refractivity contribution in [1.82, 2.24) is 9.55 Å². The van der Waals surface area contributed by atoms with E-state index >= 15 is 0 Å². The van der Waals surface area contributed by atoms with Gasteiger partial charge in [0, 0.05) is 6.54 Å². The van der Waals surface area contributed by atoms with Gasteiger partial charge >= 0.3 is 0 Å². The molecule has 1 aliphatic rings. The largest absolute Gasteiger partial charge is 0.369 e. The Bertz CT molecular complexity index is 657. The summed E-state index contributed by atoms with van der Waals surface area (Å²) in [6, 6.07) is 7.75. The van der Waals surface area contributed by atoms with Gasteiger partial charge in [-0.2, -0.15) is 5.26 Å². The molecule has 2 N–H and O–H groups in total. The second-order valence-corrected chi connectivity index (χ2v) is 6.02. The molecular weight excluding hydrogens is 248 g/mol. The summed E-state index contributed by atoms with van der Waals surface area (Å²) >= 11 is 0. The van der Waals surface area contributed by atoms with E-state index in [9.17, 15) is 0 Å². The molecule has 20 heavy (non-hydrogen) atoms. The number of imidazole rings is 1. The van der Waals surface area contributed by atoms with Crippen LogP contribution in [-0.2, 0) is 6.54 Å². The highest BCUT2D eigenvalue weighted by Crippen LogP contribution is 2.31. The first-order chi connectivity index (χ1) is 9.67. The summed E-state index contributed by atoms with van der Waals surface area (Å²) in [5.74, 6) is 2.10. The number of anilines is 1. The number of nitrogens with two attached hydrogens (primary N) is 1. The third-order valence-electron chi connectivity index (χ3n) is 4.48. The van der Waals surface area contributed by atoms with Crippen LogP contribution in [0.5, 0.6) is 0 Å². The maximum atomic E-state index is 9.03. The lowest BCUT2D eigenvalue weighted by Crippen LogP contribution is -2.18. The highest BCUT2D eigenvalue weighted by molar-refractivity contribution is 5.79. The van der Waals surface area contributed by atoms with Crippen molar-refractivity contribution in [3.8, 4) is 6.07 Å². The van der Waals surface area contributed by atoms with Crippen molar-refractivity contribution in [3.63, 3.8) is 0 Å². The number of nitrogen functional groups attached to an aromatic ring is 1. The molecule has 1 aliphatic carbocycles. The van der Waals surface area contributed by atoms with Gasteiger partial charge in [0.25, 0.3) is 0 Å². The summed E-state index contributed by atoms with van der Waals surface area (Å²) < 4.78 is 2.08. The molecule has 0 bridgehead atoms. The van der Waals surface area contributed by atoms with Gasteiger partial charge in [0.2, 0.25) is 5.95 Å². The number of rotatable bonds is 2. The standard InChI is InChI=1S/C16H20N4/c1-11-2-4-12(5-3-11)10-20-15-8-13(9-17)6-7-14(15)19-16(20)18/h6-8,11-12H,2-5,10H2,1H3,(H2,18,19). The van der Waals surface area contributed by atoms with Crippen LogP contribution in [0.3, 0.4) is 0 Å². The van der Waals surface area contributed by atoms with E-state index in [-0.39, 0.29) is 0 Å². The lowest BCUT2D eigenvalue weighted by atomic mass is 9.83. The van der Waals surface area contributed by atoms with Gasteiger partial charge in [0.05, 0.1) is 22.7 Å². The Labute approximate surface area is 119 Å². The second-order valence-electron chi connectivity index (χ2n) is 6.02. The molecule has 4 nitrogen and oxygen atoms in total. The van der Waals surface area contributed by atoms with Crippen LogP contribution in [0, 0.1) is 23.2 Å². The molecule has 1 aromatic carbocycles. The molecule has 0 radical (unpaired) electrons. The van der Waals surface area contributed by atoms with E-state index in [1.807, 2.05) is 12.1 Å². The minimum absolute atomic E-state index is 0.564. The highest BCUT2D eigenvalue weighted by atomic mass is 15.2. The van der Waals surface area contributed by atoms with Crippen LogP contribution < -0.4 is 5.73 Å². The molecule has 4 heteroatoms. The van der Waals surface area contributed by atoms with Crippen molar-refractivity contribution < 1.29 is 0 Å². The molecule has 1 heterocycles. The molecule has 104 valence electrons. The second kappa shape index (κ2) is 5.16.